The number of aromatic nitrogens is 2. The van der Waals surface area contributed by atoms with E-state index in [9.17, 15) is 4.79 Å². The van der Waals surface area contributed by atoms with E-state index < -0.39 is 5.97 Å². The lowest BCUT2D eigenvalue weighted by molar-refractivity contribution is -0.131. The van der Waals surface area contributed by atoms with E-state index in [-0.39, 0.29) is 0 Å². The fraction of sp³-hybridized carbons (Fsp3) is 0. The maximum Gasteiger partial charge on any atom is 0.328 e. The van der Waals surface area contributed by atoms with Gasteiger partial charge in [-0.3, -0.25) is 0 Å². The zero-order valence-electron chi connectivity index (χ0n) is 4.89. The van der Waals surface area contributed by atoms with Crippen LogP contribution < -0.4 is 0 Å². The fourth-order valence-corrected chi connectivity index (χ4v) is 0.813. The van der Waals surface area contributed by atoms with E-state index in [4.69, 9.17) is 5.11 Å². The van der Waals surface area contributed by atoms with Crippen molar-refractivity contribution in [2.45, 2.75) is 0 Å². The predicted molar refractivity (Wildman–Crippen MR) is 36.6 cm³/mol. The second-order valence-corrected chi connectivity index (χ2v) is 2.31. The van der Waals surface area contributed by atoms with E-state index in [1.807, 2.05) is 0 Å². The second kappa shape index (κ2) is 3.07. The first-order chi connectivity index (χ1) is 4.79. The summed E-state index contributed by atoms with van der Waals surface area (Å²) < 4.78 is 3.55. The van der Waals surface area contributed by atoms with Crippen molar-refractivity contribution in [3.63, 3.8) is 0 Å². The Morgan fingerprint density at radius 3 is 3.10 bits per heavy atom. The molecule has 0 bridgehead atoms. The topological polar surface area (TPSA) is 63.1 Å². The van der Waals surface area contributed by atoms with Crippen LogP contribution in [0.15, 0.2) is 12.3 Å². The largest absolute Gasteiger partial charge is 0.478 e. The van der Waals surface area contributed by atoms with Crippen molar-refractivity contribution >= 4 is 23.6 Å². The lowest BCUT2D eigenvalue weighted by Gasteiger charge is -1.76. The van der Waals surface area contributed by atoms with Crippen molar-refractivity contribution in [3.8, 4) is 0 Å². The monoisotopic (exact) mass is 156 g/mol. The van der Waals surface area contributed by atoms with Crippen molar-refractivity contribution in [3.05, 3.63) is 17.2 Å². The molecule has 0 aliphatic carbocycles. The molecule has 0 fully saturated rings. The molecule has 0 atom stereocenters. The molecule has 0 unspecified atom stereocenters. The van der Waals surface area contributed by atoms with Crippen LogP contribution in [0.2, 0.25) is 0 Å². The molecule has 1 rings (SSSR count). The average molecular weight is 156 g/mol. The molecule has 4 nitrogen and oxygen atoms in total. The molecule has 10 heavy (non-hydrogen) atoms. The van der Waals surface area contributed by atoms with Crippen LogP contribution in [0.25, 0.3) is 6.08 Å². The van der Waals surface area contributed by atoms with Gasteiger partial charge in [0.2, 0.25) is 0 Å². The van der Waals surface area contributed by atoms with Crippen molar-refractivity contribution in [1.82, 2.24) is 9.59 Å². The molecular formula is C5H4N2O2S. The molecule has 0 radical (unpaired) electrons. The van der Waals surface area contributed by atoms with Crippen LogP contribution in [-0.4, -0.2) is 20.7 Å². The Balaban J connectivity index is 2.64. The molecule has 1 aromatic heterocycles. The van der Waals surface area contributed by atoms with Crippen molar-refractivity contribution in [1.29, 1.82) is 0 Å². The van der Waals surface area contributed by atoms with Gasteiger partial charge in [0, 0.05) is 6.08 Å². The summed E-state index contributed by atoms with van der Waals surface area (Å²) in [6, 6.07) is 0. The van der Waals surface area contributed by atoms with Gasteiger partial charge < -0.3 is 5.11 Å². The molecule has 1 aromatic rings. The van der Waals surface area contributed by atoms with E-state index in [1.54, 1.807) is 0 Å². The third kappa shape index (κ3) is 1.94. The smallest absolute Gasteiger partial charge is 0.328 e. The SMILES string of the molecule is O=C(O)/C=C/c1cnns1. The normalized spacial score (nSPS) is 10.4. The van der Waals surface area contributed by atoms with Crippen LogP contribution in [0.3, 0.4) is 0 Å². The molecule has 0 aliphatic rings. The Morgan fingerprint density at radius 2 is 2.60 bits per heavy atom. The van der Waals surface area contributed by atoms with Crippen LogP contribution >= 0.6 is 11.5 Å². The van der Waals surface area contributed by atoms with Gasteiger partial charge in [0.15, 0.2) is 0 Å². The summed E-state index contributed by atoms with van der Waals surface area (Å²) in [5, 5.41) is 11.7. The van der Waals surface area contributed by atoms with Gasteiger partial charge in [-0.1, -0.05) is 4.49 Å². The Bertz CT molecular complexity index is 242. The summed E-state index contributed by atoms with van der Waals surface area (Å²) in [5.41, 5.74) is 0. The van der Waals surface area contributed by atoms with E-state index >= 15 is 0 Å². The number of aliphatic carboxylic acids is 1. The summed E-state index contributed by atoms with van der Waals surface area (Å²) in [4.78, 5) is 10.7. The molecule has 0 amide bonds. The zero-order valence-corrected chi connectivity index (χ0v) is 5.71. The number of hydrogen-bond acceptors (Lipinski definition) is 4. The molecular weight excluding hydrogens is 152 g/mol. The number of carboxylic acid groups (broad SMARTS) is 1. The number of rotatable bonds is 2. The Labute approximate surface area is 61.0 Å². The van der Waals surface area contributed by atoms with E-state index in [1.165, 1.54) is 12.3 Å². The summed E-state index contributed by atoms with van der Waals surface area (Å²) in [6.45, 7) is 0. The zero-order chi connectivity index (χ0) is 7.40. The van der Waals surface area contributed by atoms with Gasteiger partial charge in [-0.15, -0.1) is 5.10 Å². The highest BCUT2D eigenvalue weighted by atomic mass is 32.1. The van der Waals surface area contributed by atoms with E-state index in [2.05, 4.69) is 9.59 Å². The van der Waals surface area contributed by atoms with E-state index in [0.717, 1.165) is 22.5 Å². The number of carbonyl (C=O) groups is 1. The Kier molecular flexibility index (Phi) is 2.11. The van der Waals surface area contributed by atoms with Gasteiger partial charge in [-0.2, -0.15) is 0 Å². The van der Waals surface area contributed by atoms with Gasteiger partial charge in [-0.05, 0) is 17.6 Å². The first-order valence-electron chi connectivity index (χ1n) is 2.47. The van der Waals surface area contributed by atoms with Crippen LogP contribution in [0.4, 0.5) is 0 Å². The molecule has 0 aromatic carbocycles. The molecule has 0 saturated carbocycles. The van der Waals surface area contributed by atoms with Gasteiger partial charge in [0.25, 0.3) is 0 Å². The maximum atomic E-state index is 9.97. The quantitative estimate of drug-likeness (QED) is 0.638. The predicted octanol–water partition coefficient (Wildman–Crippen LogP) is 0.636. The third-order valence-electron chi connectivity index (χ3n) is 0.769. The highest BCUT2D eigenvalue weighted by Crippen LogP contribution is 2.03. The Morgan fingerprint density at radius 1 is 1.80 bits per heavy atom. The number of nitrogens with zero attached hydrogens (tertiary/aromatic N) is 2. The van der Waals surface area contributed by atoms with Crippen molar-refractivity contribution in [2.75, 3.05) is 0 Å². The summed E-state index contributed by atoms with van der Waals surface area (Å²) in [5.74, 6) is -0.964. The highest BCUT2D eigenvalue weighted by molar-refractivity contribution is 7.06. The molecule has 0 spiro atoms. The highest BCUT2D eigenvalue weighted by Gasteiger charge is 1.89. The average Bonchev–Trinajstić information content (AvgIpc) is 2.34. The molecule has 52 valence electrons. The minimum absolute atomic E-state index is 0.738. The van der Waals surface area contributed by atoms with Crippen molar-refractivity contribution in [2.24, 2.45) is 0 Å². The Hall–Kier alpha value is -1.23. The lowest BCUT2D eigenvalue weighted by Crippen LogP contribution is -1.84. The van der Waals surface area contributed by atoms with Gasteiger partial charge >= 0.3 is 5.97 Å². The fourth-order valence-electron chi connectivity index (χ4n) is 0.402. The molecule has 5 heteroatoms. The first kappa shape index (κ1) is 6.88. The minimum Gasteiger partial charge on any atom is -0.478 e. The van der Waals surface area contributed by atoms with E-state index in [0.29, 0.717) is 0 Å². The molecule has 1 N–H and O–H groups in total. The molecule has 0 aliphatic heterocycles. The van der Waals surface area contributed by atoms with Gasteiger partial charge in [0.05, 0.1) is 11.1 Å². The summed E-state index contributed by atoms with van der Waals surface area (Å²) in [7, 11) is 0. The van der Waals surface area contributed by atoms with Crippen LogP contribution in [-0.2, 0) is 4.79 Å². The van der Waals surface area contributed by atoms with Gasteiger partial charge in [-0.25, -0.2) is 4.79 Å². The standard InChI is InChI=1S/C5H4N2O2S/c8-5(9)2-1-4-3-6-7-10-4/h1-3H,(H,8,9)/b2-1+. The third-order valence-corrected chi connectivity index (χ3v) is 1.40. The number of hydrogen-bond donors (Lipinski definition) is 1. The maximum absolute atomic E-state index is 9.97. The molecule has 0 saturated heterocycles. The van der Waals surface area contributed by atoms with Crippen LogP contribution in [0, 0.1) is 0 Å². The van der Waals surface area contributed by atoms with Crippen molar-refractivity contribution < 1.29 is 9.90 Å². The molecule has 1 heterocycles. The second-order valence-electron chi connectivity index (χ2n) is 1.49. The minimum atomic E-state index is -0.964. The number of carboxylic acids is 1. The van der Waals surface area contributed by atoms with Crippen LogP contribution in [0.5, 0.6) is 0 Å². The summed E-state index contributed by atoms with van der Waals surface area (Å²) >= 11 is 1.15. The first-order valence-corrected chi connectivity index (χ1v) is 3.25. The van der Waals surface area contributed by atoms with Crippen LogP contribution in [0.1, 0.15) is 4.88 Å². The summed E-state index contributed by atoms with van der Waals surface area (Å²) in [6.07, 6.45) is 4.01. The lowest BCUT2D eigenvalue weighted by atomic mass is 10.4. The van der Waals surface area contributed by atoms with Gasteiger partial charge in [0.1, 0.15) is 0 Å².